The second-order valence-electron chi connectivity index (χ2n) is 5.80. The van der Waals surface area contributed by atoms with Crippen molar-refractivity contribution in [3.8, 4) is 5.75 Å². The maximum absolute atomic E-state index is 5.78. The minimum absolute atomic E-state index is 0.272. The fraction of sp³-hybridized carbons (Fsp3) is 0.647. The van der Waals surface area contributed by atoms with Crippen LogP contribution in [0.5, 0.6) is 5.75 Å². The molecule has 1 aromatic rings. The van der Waals surface area contributed by atoms with Gasteiger partial charge in [0.25, 0.3) is 0 Å². The van der Waals surface area contributed by atoms with Gasteiger partial charge in [0.15, 0.2) is 0 Å². The Morgan fingerprint density at radius 2 is 2.24 bits per heavy atom. The highest BCUT2D eigenvalue weighted by Crippen LogP contribution is 2.39. The monoisotopic (exact) mass is 355 g/mol. The molecule has 1 aliphatic heterocycles. The first kappa shape index (κ1) is 16.8. The molecule has 118 valence electrons. The summed E-state index contributed by atoms with van der Waals surface area (Å²) in [7, 11) is 1.75. The molecule has 1 N–H and O–H groups in total. The van der Waals surface area contributed by atoms with Gasteiger partial charge in [-0.1, -0.05) is 22.9 Å². The zero-order valence-corrected chi connectivity index (χ0v) is 15.0. The van der Waals surface area contributed by atoms with Crippen LogP contribution in [0.3, 0.4) is 0 Å². The van der Waals surface area contributed by atoms with Crippen molar-refractivity contribution in [2.24, 2.45) is 5.92 Å². The molecule has 0 aliphatic carbocycles. The quantitative estimate of drug-likeness (QED) is 0.827. The highest BCUT2D eigenvalue weighted by atomic mass is 79.9. The van der Waals surface area contributed by atoms with E-state index < -0.39 is 0 Å². The fourth-order valence-electron chi connectivity index (χ4n) is 3.07. The molecule has 0 spiro atoms. The fourth-order valence-corrected chi connectivity index (χ4v) is 3.43. The Balaban J connectivity index is 2.37. The smallest absolute Gasteiger partial charge is 0.123 e. The molecule has 3 unspecified atom stereocenters. The number of rotatable bonds is 6. The second kappa shape index (κ2) is 7.61. The Hall–Kier alpha value is -0.580. The number of ether oxygens (including phenoxy) is 2. The van der Waals surface area contributed by atoms with E-state index in [-0.39, 0.29) is 12.1 Å². The van der Waals surface area contributed by atoms with Gasteiger partial charge in [-0.3, -0.25) is 0 Å². The lowest BCUT2D eigenvalue weighted by Crippen LogP contribution is -2.32. The summed E-state index contributed by atoms with van der Waals surface area (Å²) in [4.78, 5) is 0. The van der Waals surface area contributed by atoms with E-state index in [1.807, 2.05) is 0 Å². The van der Waals surface area contributed by atoms with Crippen LogP contribution in [0.25, 0.3) is 0 Å². The molecule has 0 saturated carbocycles. The van der Waals surface area contributed by atoms with Crippen molar-refractivity contribution in [3.63, 3.8) is 0 Å². The number of benzene rings is 1. The normalized spacial score (nSPS) is 23.3. The maximum atomic E-state index is 5.78. The van der Waals surface area contributed by atoms with Gasteiger partial charge in [-0.15, -0.1) is 0 Å². The van der Waals surface area contributed by atoms with E-state index in [1.165, 1.54) is 11.1 Å². The van der Waals surface area contributed by atoms with E-state index in [1.54, 1.807) is 7.11 Å². The Morgan fingerprint density at radius 1 is 1.48 bits per heavy atom. The molecule has 0 aromatic heterocycles. The Kier molecular flexibility index (Phi) is 6.08. The van der Waals surface area contributed by atoms with Crippen molar-refractivity contribution >= 4 is 15.9 Å². The predicted octanol–water partition coefficient (Wildman–Crippen LogP) is 4.23. The molecule has 2 rings (SSSR count). The molecule has 0 bridgehead atoms. The molecule has 0 radical (unpaired) electrons. The summed E-state index contributed by atoms with van der Waals surface area (Å²) < 4.78 is 12.6. The number of halogens is 1. The summed E-state index contributed by atoms with van der Waals surface area (Å²) in [6.07, 6.45) is 2.49. The molecule has 0 amide bonds. The summed E-state index contributed by atoms with van der Waals surface area (Å²) in [5.74, 6) is 1.45. The first-order chi connectivity index (χ1) is 10.1. The van der Waals surface area contributed by atoms with E-state index in [4.69, 9.17) is 9.47 Å². The maximum Gasteiger partial charge on any atom is 0.123 e. The van der Waals surface area contributed by atoms with Gasteiger partial charge in [-0.05, 0) is 50.9 Å². The predicted molar refractivity (Wildman–Crippen MR) is 90.0 cm³/mol. The van der Waals surface area contributed by atoms with Crippen LogP contribution >= 0.6 is 15.9 Å². The van der Waals surface area contributed by atoms with Crippen LogP contribution < -0.4 is 10.1 Å². The number of methoxy groups -OCH3 is 1. The van der Waals surface area contributed by atoms with Crippen molar-refractivity contribution in [3.05, 3.63) is 27.7 Å². The second-order valence-corrected chi connectivity index (χ2v) is 6.66. The molecule has 3 atom stereocenters. The number of nitrogens with one attached hydrogen (secondary N) is 1. The summed E-state index contributed by atoms with van der Waals surface area (Å²) in [6.45, 7) is 8.31. The van der Waals surface area contributed by atoms with E-state index in [9.17, 15) is 0 Å². The van der Waals surface area contributed by atoms with Gasteiger partial charge in [-0.25, -0.2) is 0 Å². The van der Waals surface area contributed by atoms with Crippen molar-refractivity contribution in [1.29, 1.82) is 0 Å². The van der Waals surface area contributed by atoms with Gasteiger partial charge in [0.2, 0.25) is 0 Å². The largest absolute Gasteiger partial charge is 0.496 e. The van der Waals surface area contributed by atoms with Gasteiger partial charge < -0.3 is 14.8 Å². The summed E-state index contributed by atoms with van der Waals surface area (Å²) in [5.41, 5.74) is 2.42. The Labute approximate surface area is 136 Å². The third kappa shape index (κ3) is 3.79. The molecule has 4 heteroatoms. The first-order valence-electron chi connectivity index (χ1n) is 7.77. The molecular formula is C17H26BrNO2. The third-order valence-corrected chi connectivity index (χ3v) is 5.18. The average Bonchev–Trinajstić information content (AvgIpc) is 2.89. The number of hydrogen-bond acceptors (Lipinski definition) is 3. The molecule has 1 aliphatic rings. The zero-order chi connectivity index (χ0) is 15.4. The molecule has 21 heavy (non-hydrogen) atoms. The molecule has 1 saturated heterocycles. The molecular weight excluding hydrogens is 330 g/mol. The van der Waals surface area contributed by atoms with Crippen LogP contribution in [0, 0.1) is 12.8 Å². The lowest BCUT2D eigenvalue weighted by molar-refractivity contribution is 0.0950. The van der Waals surface area contributed by atoms with Crippen molar-refractivity contribution in [2.75, 3.05) is 20.3 Å². The molecule has 1 aromatic carbocycles. The zero-order valence-electron chi connectivity index (χ0n) is 13.4. The SMILES string of the molecule is CCCNC(c1cc(Br)c(C)cc1OC)C1CCOC1C. The minimum atomic E-state index is 0.272. The van der Waals surface area contributed by atoms with Crippen LogP contribution in [0.1, 0.15) is 43.9 Å². The van der Waals surface area contributed by atoms with E-state index in [0.717, 1.165) is 36.2 Å². The standard InChI is InChI=1S/C17H26BrNO2/c1-5-7-19-17(13-6-8-21-12(13)3)14-10-15(18)11(2)9-16(14)20-4/h9-10,12-13,17,19H,5-8H2,1-4H3. The molecule has 3 nitrogen and oxygen atoms in total. The third-order valence-electron chi connectivity index (χ3n) is 4.32. The Bertz CT molecular complexity index is 478. The highest BCUT2D eigenvalue weighted by Gasteiger charge is 2.34. The van der Waals surface area contributed by atoms with Crippen LogP contribution in [-0.2, 0) is 4.74 Å². The van der Waals surface area contributed by atoms with Crippen LogP contribution in [-0.4, -0.2) is 26.4 Å². The first-order valence-corrected chi connectivity index (χ1v) is 8.56. The van der Waals surface area contributed by atoms with Crippen LogP contribution in [0.15, 0.2) is 16.6 Å². The minimum Gasteiger partial charge on any atom is -0.496 e. The van der Waals surface area contributed by atoms with Crippen molar-refractivity contribution in [2.45, 2.75) is 45.8 Å². The summed E-state index contributed by atoms with van der Waals surface area (Å²) >= 11 is 3.66. The molecule has 1 heterocycles. The van der Waals surface area contributed by atoms with Gasteiger partial charge in [0.1, 0.15) is 5.75 Å². The van der Waals surface area contributed by atoms with E-state index >= 15 is 0 Å². The average molecular weight is 356 g/mol. The van der Waals surface area contributed by atoms with Gasteiger partial charge in [0.05, 0.1) is 13.2 Å². The lowest BCUT2D eigenvalue weighted by Gasteiger charge is -2.29. The summed E-state index contributed by atoms with van der Waals surface area (Å²) in [5, 5.41) is 3.70. The number of aryl methyl sites for hydroxylation is 1. The van der Waals surface area contributed by atoms with Crippen molar-refractivity contribution < 1.29 is 9.47 Å². The van der Waals surface area contributed by atoms with Gasteiger partial charge in [0, 0.05) is 28.6 Å². The van der Waals surface area contributed by atoms with Crippen molar-refractivity contribution in [1.82, 2.24) is 5.32 Å². The Morgan fingerprint density at radius 3 is 2.81 bits per heavy atom. The topological polar surface area (TPSA) is 30.5 Å². The highest BCUT2D eigenvalue weighted by molar-refractivity contribution is 9.10. The number of hydrogen-bond donors (Lipinski definition) is 1. The van der Waals surface area contributed by atoms with E-state index in [0.29, 0.717) is 5.92 Å². The van der Waals surface area contributed by atoms with Gasteiger partial charge in [-0.2, -0.15) is 0 Å². The van der Waals surface area contributed by atoms with Gasteiger partial charge >= 0.3 is 0 Å². The lowest BCUT2D eigenvalue weighted by atomic mass is 9.87. The van der Waals surface area contributed by atoms with Crippen LogP contribution in [0.2, 0.25) is 0 Å². The van der Waals surface area contributed by atoms with E-state index in [2.05, 4.69) is 54.2 Å². The summed E-state index contributed by atoms with van der Waals surface area (Å²) in [6, 6.07) is 4.59. The van der Waals surface area contributed by atoms with Crippen LogP contribution in [0.4, 0.5) is 0 Å². The molecule has 1 fully saturated rings.